The van der Waals surface area contributed by atoms with Gasteiger partial charge in [-0.2, -0.15) is 8.42 Å². The molecular weight excluding hydrogens is 182 g/mol. The van der Waals surface area contributed by atoms with E-state index in [0.717, 1.165) is 0 Å². The Morgan fingerprint density at radius 3 is 2.25 bits per heavy atom. The van der Waals surface area contributed by atoms with Crippen LogP contribution >= 0.6 is 0 Å². The molecule has 74 valence electrons. The van der Waals surface area contributed by atoms with Crippen molar-refractivity contribution >= 4 is 10.1 Å². The zero-order valence-corrected chi connectivity index (χ0v) is 7.55. The molecule has 0 aromatic carbocycles. The number of nitrogens with two attached hydrogens (primary N) is 2. The minimum absolute atomic E-state index is 0.179. The van der Waals surface area contributed by atoms with E-state index in [2.05, 4.69) is 5.32 Å². The summed E-state index contributed by atoms with van der Waals surface area (Å²) in [5.41, 5.74) is 10.3. The zero-order valence-electron chi connectivity index (χ0n) is 6.73. The van der Waals surface area contributed by atoms with Gasteiger partial charge in [0.25, 0.3) is 10.1 Å². The summed E-state index contributed by atoms with van der Waals surface area (Å²) < 4.78 is 29.9. The number of nitrogens with one attached hydrogen (secondary N) is 1. The average Bonchev–Trinajstić information content (AvgIpc) is 1.95. The van der Waals surface area contributed by atoms with Gasteiger partial charge >= 0.3 is 0 Å². The first-order chi connectivity index (χ1) is 5.52. The predicted octanol–water partition coefficient (Wildman–Crippen LogP) is -1.90. The molecule has 0 fully saturated rings. The van der Waals surface area contributed by atoms with Crippen LogP contribution in [0.1, 0.15) is 6.42 Å². The highest BCUT2D eigenvalue weighted by atomic mass is 32.2. The highest BCUT2D eigenvalue weighted by Crippen LogP contribution is 1.98. The molecule has 12 heavy (non-hydrogen) atoms. The van der Waals surface area contributed by atoms with Gasteiger partial charge in [0, 0.05) is 13.1 Å². The smallest absolute Gasteiger partial charge is 0.281 e. The molecule has 0 saturated carbocycles. The molecule has 0 spiro atoms. The van der Waals surface area contributed by atoms with Gasteiger partial charge < -0.3 is 11.5 Å². The van der Waals surface area contributed by atoms with E-state index >= 15 is 0 Å². The lowest BCUT2D eigenvalue weighted by atomic mass is 10.4. The first-order valence-electron chi connectivity index (χ1n) is 3.62. The Kier molecular flexibility index (Phi) is 5.34. The van der Waals surface area contributed by atoms with Gasteiger partial charge in [0.05, 0.1) is 0 Å². The van der Waals surface area contributed by atoms with Crippen molar-refractivity contribution in [1.29, 1.82) is 0 Å². The Balaban J connectivity index is 4.05. The third-order valence-corrected chi connectivity index (χ3v) is 2.43. The molecule has 1 atom stereocenters. The molecule has 0 aliphatic rings. The number of rotatable bonds is 6. The van der Waals surface area contributed by atoms with Crippen molar-refractivity contribution in [3.63, 3.8) is 0 Å². The van der Waals surface area contributed by atoms with Crippen LogP contribution in [0.25, 0.3) is 0 Å². The lowest BCUT2D eigenvalue weighted by Crippen LogP contribution is -2.40. The number of hydrogen-bond donors (Lipinski definition) is 4. The van der Waals surface area contributed by atoms with E-state index in [-0.39, 0.29) is 13.0 Å². The highest BCUT2D eigenvalue weighted by Gasteiger charge is 2.20. The van der Waals surface area contributed by atoms with Gasteiger partial charge in [-0.25, -0.2) is 0 Å². The maximum atomic E-state index is 10.6. The average molecular weight is 197 g/mol. The van der Waals surface area contributed by atoms with Crippen LogP contribution in [0.5, 0.6) is 0 Å². The van der Waals surface area contributed by atoms with Gasteiger partial charge in [0.15, 0.2) is 0 Å². The molecule has 1 unspecified atom stereocenters. The lowest BCUT2D eigenvalue weighted by molar-refractivity contribution is 0.444. The Morgan fingerprint density at radius 1 is 1.33 bits per heavy atom. The minimum Gasteiger partial charge on any atom is -0.330 e. The van der Waals surface area contributed by atoms with Crippen molar-refractivity contribution in [2.75, 3.05) is 19.6 Å². The van der Waals surface area contributed by atoms with Gasteiger partial charge in [-0.05, 0) is 13.0 Å². The zero-order chi connectivity index (χ0) is 9.61. The van der Waals surface area contributed by atoms with Crippen LogP contribution in [0.4, 0.5) is 0 Å². The Bertz CT molecular complexity index is 204. The topological polar surface area (TPSA) is 118 Å². The maximum Gasteiger partial charge on any atom is 0.281 e. The highest BCUT2D eigenvalue weighted by molar-refractivity contribution is 7.86. The van der Waals surface area contributed by atoms with Gasteiger partial charge in [0.1, 0.15) is 5.37 Å². The van der Waals surface area contributed by atoms with E-state index in [1.807, 2.05) is 0 Å². The fourth-order valence-electron chi connectivity index (χ4n) is 0.752. The van der Waals surface area contributed by atoms with Crippen LogP contribution in [0.2, 0.25) is 0 Å². The van der Waals surface area contributed by atoms with Gasteiger partial charge in [-0.1, -0.05) is 0 Å². The lowest BCUT2D eigenvalue weighted by Gasteiger charge is -2.13. The van der Waals surface area contributed by atoms with Gasteiger partial charge in [-0.3, -0.25) is 9.87 Å². The first-order valence-corrected chi connectivity index (χ1v) is 5.12. The monoisotopic (exact) mass is 197 g/mol. The Labute approximate surface area is 72.1 Å². The molecule has 0 aliphatic carbocycles. The van der Waals surface area contributed by atoms with Crippen LogP contribution < -0.4 is 16.8 Å². The van der Waals surface area contributed by atoms with E-state index in [4.69, 9.17) is 16.0 Å². The summed E-state index contributed by atoms with van der Waals surface area (Å²) in [4.78, 5) is 0. The van der Waals surface area contributed by atoms with Crippen LogP contribution in [-0.2, 0) is 10.1 Å². The molecule has 7 heteroatoms. The summed E-state index contributed by atoms with van der Waals surface area (Å²) in [5, 5.41) is 1.57. The molecule has 6 N–H and O–H groups in total. The Morgan fingerprint density at radius 2 is 1.92 bits per heavy atom. The van der Waals surface area contributed by atoms with Crippen molar-refractivity contribution < 1.29 is 13.0 Å². The fourth-order valence-corrected chi connectivity index (χ4v) is 1.51. The number of hydrogen-bond acceptors (Lipinski definition) is 5. The second-order valence-corrected chi connectivity index (χ2v) is 3.92. The van der Waals surface area contributed by atoms with Gasteiger partial charge in [0.2, 0.25) is 0 Å². The maximum absolute atomic E-state index is 10.6. The summed E-state index contributed by atoms with van der Waals surface area (Å²) in [6.45, 7) is 0.850. The largest absolute Gasteiger partial charge is 0.330 e. The molecule has 0 heterocycles. The van der Waals surface area contributed by atoms with E-state index < -0.39 is 15.5 Å². The first kappa shape index (κ1) is 11.8. The summed E-state index contributed by atoms with van der Waals surface area (Å²) in [6, 6.07) is 0. The molecule has 0 radical (unpaired) electrons. The second-order valence-electron chi connectivity index (χ2n) is 2.32. The van der Waals surface area contributed by atoms with E-state index in [1.165, 1.54) is 0 Å². The molecular formula is C5H15N3O3S. The van der Waals surface area contributed by atoms with Gasteiger partial charge in [-0.15, -0.1) is 0 Å². The van der Waals surface area contributed by atoms with E-state index in [9.17, 15) is 8.42 Å². The molecule has 0 rings (SSSR count). The van der Waals surface area contributed by atoms with Crippen LogP contribution in [0, 0.1) is 0 Å². The summed E-state index contributed by atoms with van der Waals surface area (Å²) in [6.07, 6.45) is 0.179. The van der Waals surface area contributed by atoms with Crippen molar-refractivity contribution in [2.45, 2.75) is 11.8 Å². The standard InChI is InChI=1S/C5H15N3O3S/c6-2-1-5(8-4-3-7)12(9,10)11/h5,8H,1-4,6-7H2,(H,9,10,11). The summed E-state index contributed by atoms with van der Waals surface area (Å²) in [7, 11) is -4.05. The van der Waals surface area contributed by atoms with E-state index in [1.54, 1.807) is 0 Å². The predicted molar refractivity (Wildman–Crippen MR) is 46.1 cm³/mol. The molecule has 0 saturated heterocycles. The van der Waals surface area contributed by atoms with E-state index in [0.29, 0.717) is 13.1 Å². The third kappa shape index (κ3) is 4.62. The minimum atomic E-state index is -4.05. The van der Waals surface area contributed by atoms with Crippen LogP contribution in [0.3, 0.4) is 0 Å². The fraction of sp³-hybridized carbons (Fsp3) is 1.00. The molecule has 0 bridgehead atoms. The summed E-state index contributed by atoms with van der Waals surface area (Å²) >= 11 is 0. The van der Waals surface area contributed by atoms with Crippen LogP contribution in [0.15, 0.2) is 0 Å². The van der Waals surface area contributed by atoms with Crippen molar-refractivity contribution in [3.05, 3.63) is 0 Å². The summed E-state index contributed by atoms with van der Waals surface area (Å²) in [5.74, 6) is 0. The van der Waals surface area contributed by atoms with Crippen molar-refractivity contribution in [2.24, 2.45) is 11.5 Å². The Hall–Kier alpha value is -0.210. The second kappa shape index (κ2) is 5.44. The SMILES string of the molecule is NCCNC(CCN)S(=O)(=O)O. The van der Waals surface area contributed by atoms with Crippen molar-refractivity contribution in [1.82, 2.24) is 5.32 Å². The van der Waals surface area contributed by atoms with Crippen LogP contribution in [-0.4, -0.2) is 38.0 Å². The van der Waals surface area contributed by atoms with Crippen molar-refractivity contribution in [3.8, 4) is 0 Å². The molecule has 6 nitrogen and oxygen atoms in total. The molecule has 0 amide bonds. The molecule has 0 aromatic heterocycles. The molecule has 0 aliphatic heterocycles. The molecule has 0 aromatic rings. The normalized spacial score (nSPS) is 14.6. The quantitative estimate of drug-likeness (QED) is 0.369. The third-order valence-electron chi connectivity index (χ3n) is 1.30.